The molecule has 4 atom stereocenters. The first-order valence-electron chi connectivity index (χ1n) is 12.9. The Labute approximate surface area is 215 Å². The number of aliphatic hydroxyl groups excluding tert-OH is 1. The number of carbonyl (C=O) groups is 2. The minimum atomic E-state index is -0.363. The lowest BCUT2D eigenvalue weighted by atomic mass is 9.94. The summed E-state index contributed by atoms with van der Waals surface area (Å²) in [7, 11) is 1.77. The number of hydrogen-bond acceptors (Lipinski definition) is 4. The maximum atomic E-state index is 13.8. The zero-order valence-corrected chi connectivity index (χ0v) is 22.4. The van der Waals surface area contributed by atoms with E-state index in [2.05, 4.69) is 19.2 Å². The highest BCUT2D eigenvalue weighted by Crippen LogP contribution is 2.31. The molecule has 0 spiro atoms. The number of urea groups is 1. The van der Waals surface area contributed by atoms with E-state index in [-0.39, 0.29) is 42.7 Å². The van der Waals surface area contributed by atoms with Crippen molar-refractivity contribution < 1.29 is 19.4 Å². The van der Waals surface area contributed by atoms with Crippen molar-refractivity contribution in [2.24, 2.45) is 11.8 Å². The van der Waals surface area contributed by atoms with Gasteiger partial charge in [-0.3, -0.25) is 4.79 Å². The van der Waals surface area contributed by atoms with E-state index in [1.165, 1.54) is 0 Å². The first kappa shape index (κ1) is 27.7. The summed E-state index contributed by atoms with van der Waals surface area (Å²) in [4.78, 5) is 30.1. The summed E-state index contributed by atoms with van der Waals surface area (Å²) in [6, 6.07) is 15.1. The number of fused-ring (bicyclic) bond motifs is 3. The summed E-state index contributed by atoms with van der Waals surface area (Å²) in [6.07, 6.45) is -0.314. The number of carbonyl (C=O) groups excluding carboxylic acids is 2. The van der Waals surface area contributed by atoms with Crippen LogP contribution in [0.15, 0.2) is 48.5 Å². The van der Waals surface area contributed by atoms with Gasteiger partial charge in [-0.25, -0.2) is 4.79 Å². The van der Waals surface area contributed by atoms with Crippen LogP contribution in [0, 0.1) is 11.8 Å². The second-order valence-electron chi connectivity index (χ2n) is 10.4. The van der Waals surface area contributed by atoms with Crippen molar-refractivity contribution in [3.8, 4) is 11.1 Å². The molecule has 0 aliphatic carbocycles. The third-order valence-corrected chi connectivity index (χ3v) is 7.25. The van der Waals surface area contributed by atoms with E-state index in [4.69, 9.17) is 4.74 Å². The molecule has 196 valence electrons. The van der Waals surface area contributed by atoms with Crippen molar-refractivity contribution in [3.63, 3.8) is 0 Å². The number of nitrogens with zero attached hydrogens (tertiary/aromatic N) is 2. The lowest BCUT2D eigenvalue weighted by Crippen LogP contribution is -2.50. The summed E-state index contributed by atoms with van der Waals surface area (Å²) in [5.41, 5.74) is 3.39. The highest BCUT2D eigenvalue weighted by atomic mass is 16.5. The molecule has 7 nitrogen and oxygen atoms in total. The number of rotatable bonds is 6. The van der Waals surface area contributed by atoms with Gasteiger partial charge in [0.2, 0.25) is 0 Å². The molecule has 1 heterocycles. The van der Waals surface area contributed by atoms with Gasteiger partial charge in [0.1, 0.15) is 0 Å². The third kappa shape index (κ3) is 6.45. The molecule has 0 bridgehead atoms. The minimum absolute atomic E-state index is 0.0507. The zero-order chi connectivity index (χ0) is 26.4. The molecule has 0 aromatic heterocycles. The van der Waals surface area contributed by atoms with Gasteiger partial charge in [0.05, 0.1) is 25.4 Å². The molecule has 0 unspecified atom stereocenters. The van der Waals surface area contributed by atoms with Crippen molar-refractivity contribution >= 4 is 11.9 Å². The maximum Gasteiger partial charge on any atom is 0.317 e. The van der Waals surface area contributed by atoms with Crippen LogP contribution >= 0.6 is 0 Å². The zero-order valence-electron chi connectivity index (χ0n) is 22.4. The van der Waals surface area contributed by atoms with Crippen molar-refractivity contribution in [1.29, 1.82) is 0 Å². The van der Waals surface area contributed by atoms with Crippen LogP contribution in [0.1, 0.15) is 50.5 Å². The molecule has 1 aliphatic rings. The molecular weight excluding hydrogens is 454 g/mol. The Balaban J connectivity index is 1.97. The predicted molar refractivity (Wildman–Crippen MR) is 143 cm³/mol. The predicted octanol–water partition coefficient (Wildman–Crippen LogP) is 4.40. The fraction of sp³-hybridized carbons (Fsp3) is 0.517. The van der Waals surface area contributed by atoms with Crippen molar-refractivity contribution in [2.45, 2.75) is 59.4 Å². The standard InChI is InChI=1S/C29H41N3O4/c1-19(2)22(5)30-29(35)31(6)16-27-20(3)15-32(21(4)17-33)28(34)26-14-10-9-13-25(26)24-12-8-7-11-23(24)18-36-27/h7-14,19-22,27,33H,15-18H2,1-6H3,(H,30,35)/t20-,21+,22+,27-/m0/s1. The molecule has 3 amide bonds. The minimum Gasteiger partial charge on any atom is -0.394 e. The number of amides is 3. The number of aliphatic hydroxyl groups is 1. The molecule has 2 N–H and O–H groups in total. The molecule has 36 heavy (non-hydrogen) atoms. The number of nitrogens with one attached hydrogen (secondary N) is 1. The van der Waals surface area contributed by atoms with Crippen LogP contribution in [0.5, 0.6) is 0 Å². The van der Waals surface area contributed by atoms with Gasteiger partial charge in [-0.2, -0.15) is 0 Å². The number of likely N-dealkylation sites (N-methyl/N-ethyl adjacent to an activating group) is 1. The Kier molecular flexibility index (Phi) is 9.51. The molecule has 0 saturated carbocycles. The van der Waals surface area contributed by atoms with Crippen LogP contribution in [-0.2, 0) is 11.3 Å². The molecule has 0 radical (unpaired) electrons. The van der Waals surface area contributed by atoms with Gasteiger partial charge in [0.15, 0.2) is 0 Å². The summed E-state index contributed by atoms with van der Waals surface area (Å²) in [6.45, 7) is 11.0. The molecule has 0 saturated heterocycles. The van der Waals surface area contributed by atoms with E-state index >= 15 is 0 Å². The second-order valence-corrected chi connectivity index (χ2v) is 10.4. The molecule has 1 aliphatic heterocycles. The topological polar surface area (TPSA) is 82.1 Å². The quantitative estimate of drug-likeness (QED) is 0.623. The van der Waals surface area contributed by atoms with E-state index in [1.54, 1.807) is 16.8 Å². The Morgan fingerprint density at radius 1 is 1.08 bits per heavy atom. The monoisotopic (exact) mass is 495 g/mol. The van der Waals surface area contributed by atoms with Crippen LogP contribution in [0.25, 0.3) is 11.1 Å². The van der Waals surface area contributed by atoms with E-state index in [0.29, 0.717) is 31.2 Å². The van der Waals surface area contributed by atoms with Gasteiger partial charge >= 0.3 is 6.03 Å². The van der Waals surface area contributed by atoms with Crippen LogP contribution in [-0.4, -0.2) is 71.8 Å². The highest BCUT2D eigenvalue weighted by Gasteiger charge is 2.31. The second kappa shape index (κ2) is 12.4. The van der Waals surface area contributed by atoms with Gasteiger partial charge in [-0.05, 0) is 42.5 Å². The molecule has 7 heteroatoms. The fourth-order valence-electron chi connectivity index (χ4n) is 4.38. The van der Waals surface area contributed by atoms with Gasteiger partial charge in [-0.15, -0.1) is 0 Å². The van der Waals surface area contributed by atoms with E-state index in [0.717, 1.165) is 16.7 Å². The van der Waals surface area contributed by atoms with Crippen LogP contribution in [0.3, 0.4) is 0 Å². The molecule has 2 aromatic carbocycles. The van der Waals surface area contributed by atoms with Gasteiger partial charge in [-0.1, -0.05) is 63.2 Å². The smallest absolute Gasteiger partial charge is 0.317 e. The molecule has 0 fully saturated rings. The number of ether oxygens (including phenoxy) is 1. The Morgan fingerprint density at radius 3 is 2.33 bits per heavy atom. The summed E-state index contributed by atoms with van der Waals surface area (Å²) in [5.74, 6) is 0.122. The first-order valence-corrected chi connectivity index (χ1v) is 12.9. The normalized spacial score (nSPS) is 20.1. The summed E-state index contributed by atoms with van der Waals surface area (Å²) >= 11 is 0. The molecule has 2 aromatic rings. The van der Waals surface area contributed by atoms with Gasteiger partial charge in [0.25, 0.3) is 5.91 Å². The summed E-state index contributed by atoms with van der Waals surface area (Å²) < 4.78 is 6.48. The maximum absolute atomic E-state index is 13.8. The van der Waals surface area contributed by atoms with Crippen LogP contribution < -0.4 is 5.32 Å². The first-order chi connectivity index (χ1) is 17.1. The lowest BCUT2D eigenvalue weighted by molar-refractivity contribution is -0.0185. The van der Waals surface area contributed by atoms with Crippen molar-refractivity contribution in [3.05, 3.63) is 59.7 Å². The average molecular weight is 496 g/mol. The Morgan fingerprint density at radius 2 is 1.69 bits per heavy atom. The third-order valence-electron chi connectivity index (χ3n) is 7.25. The average Bonchev–Trinajstić information content (AvgIpc) is 2.89. The summed E-state index contributed by atoms with van der Waals surface area (Å²) in [5, 5.41) is 13.0. The van der Waals surface area contributed by atoms with E-state index in [9.17, 15) is 14.7 Å². The number of hydrogen-bond donors (Lipinski definition) is 2. The SMILES string of the molecule is CC(C)[C@@H](C)NC(=O)N(C)C[C@@H]1OCc2ccccc2-c2ccccc2C(=O)N([C@H](C)CO)C[C@@H]1C. The van der Waals surface area contributed by atoms with E-state index < -0.39 is 0 Å². The van der Waals surface area contributed by atoms with Crippen molar-refractivity contribution in [2.75, 3.05) is 26.7 Å². The number of benzene rings is 2. The van der Waals surface area contributed by atoms with Crippen LogP contribution in [0.4, 0.5) is 4.79 Å². The van der Waals surface area contributed by atoms with Crippen molar-refractivity contribution in [1.82, 2.24) is 15.1 Å². The molecular formula is C29H41N3O4. The van der Waals surface area contributed by atoms with Crippen LogP contribution in [0.2, 0.25) is 0 Å². The van der Waals surface area contributed by atoms with Gasteiger partial charge < -0.3 is 25.0 Å². The Bertz CT molecular complexity index is 1040. The van der Waals surface area contributed by atoms with Gasteiger partial charge in [0, 0.05) is 37.7 Å². The lowest BCUT2D eigenvalue weighted by Gasteiger charge is -2.35. The molecule has 3 rings (SSSR count). The Hall–Kier alpha value is -2.90. The fourth-order valence-corrected chi connectivity index (χ4v) is 4.38. The highest BCUT2D eigenvalue weighted by molar-refractivity contribution is 6.01. The largest absolute Gasteiger partial charge is 0.394 e. The van der Waals surface area contributed by atoms with E-state index in [1.807, 2.05) is 69.3 Å².